The highest BCUT2D eigenvalue weighted by molar-refractivity contribution is 5.65. The Morgan fingerprint density at radius 2 is 2.14 bits per heavy atom. The number of benzene rings is 2. The molecule has 116 valence electrons. The van der Waals surface area contributed by atoms with Gasteiger partial charge in [-0.3, -0.25) is 0 Å². The van der Waals surface area contributed by atoms with Crippen LogP contribution in [0.25, 0.3) is 0 Å². The second-order valence-corrected chi connectivity index (χ2v) is 5.58. The topological polar surface area (TPSA) is 47.7 Å². The first-order chi connectivity index (χ1) is 10.7. The maximum Gasteiger partial charge on any atom is 0.144 e. The average molecular weight is 298 g/mol. The Kier molecular flexibility index (Phi) is 4.37. The second-order valence-electron chi connectivity index (χ2n) is 5.58. The van der Waals surface area contributed by atoms with Crippen LogP contribution in [0, 0.1) is 6.92 Å². The summed E-state index contributed by atoms with van der Waals surface area (Å²) in [5, 5.41) is 0. The lowest BCUT2D eigenvalue weighted by Gasteiger charge is -2.31. The van der Waals surface area contributed by atoms with E-state index in [4.69, 9.17) is 15.2 Å². The van der Waals surface area contributed by atoms with Gasteiger partial charge in [0, 0.05) is 18.3 Å². The third kappa shape index (κ3) is 3.45. The molecule has 2 N–H and O–H groups in total. The average Bonchev–Trinajstić information content (AvgIpc) is 2.51. The largest absolute Gasteiger partial charge is 0.494 e. The van der Waals surface area contributed by atoms with E-state index in [0.29, 0.717) is 13.2 Å². The number of nitrogens with zero attached hydrogens (tertiary/aromatic N) is 1. The Labute approximate surface area is 131 Å². The fraction of sp³-hybridized carbons (Fsp3) is 0.333. The van der Waals surface area contributed by atoms with Gasteiger partial charge in [-0.2, -0.15) is 0 Å². The van der Waals surface area contributed by atoms with E-state index in [1.54, 1.807) is 0 Å². The fourth-order valence-electron chi connectivity index (χ4n) is 2.68. The Morgan fingerprint density at radius 3 is 3.00 bits per heavy atom. The number of aryl methyl sites for hydroxylation is 1. The highest BCUT2D eigenvalue weighted by atomic mass is 16.5. The molecular formula is C18H22N2O2. The van der Waals surface area contributed by atoms with E-state index >= 15 is 0 Å². The van der Waals surface area contributed by atoms with Crippen LogP contribution in [0.15, 0.2) is 42.5 Å². The van der Waals surface area contributed by atoms with Gasteiger partial charge in [0.15, 0.2) is 0 Å². The van der Waals surface area contributed by atoms with Crippen molar-refractivity contribution in [2.45, 2.75) is 13.3 Å². The van der Waals surface area contributed by atoms with Gasteiger partial charge in [-0.25, -0.2) is 0 Å². The minimum absolute atomic E-state index is 0.704. The molecule has 2 aromatic rings. The van der Waals surface area contributed by atoms with Crippen molar-refractivity contribution in [1.82, 2.24) is 0 Å². The molecule has 3 rings (SSSR count). The molecule has 4 heteroatoms. The van der Waals surface area contributed by atoms with Gasteiger partial charge in [0.25, 0.3) is 0 Å². The summed E-state index contributed by atoms with van der Waals surface area (Å²) in [4.78, 5) is 2.33. The molecule has 1 aliphatic heterocycles. The number of hydrogen-bond acceptors (Lipinski definition) is 4. The van der Waals surface area contributed by atoms with Crippen LogP contribution in [0.1, 0.15) is 12.0 Å². The van der Waals surface area contributed by atoms with E-state index in [2.05, 4.69) is 24.0 Å². The van der Waals surface area contributed by atoms with Gasteiger partial charge in [-0.1, -0.05) is 12.1 Å². The first-order valence-electron chi connectivity index (χ1n) is 7.69. The van der Waals surface area contributed by atoms with Crippen molar-refractivity contribution in [3.8, 4) is 11.5 Å². The molecule has 1 heterocycles. The van der Waals surface area contributed by atoms with E-state index < -0.39 is 0 Å². The van der Waals surface area contributed by atoms with Crippen LogP contribution in [0.2, 0.25) is 0 Å². The molecule has 1 aliphatic rings. The molecule has 22 heavy (non-hydrogen) atoms. The zero-order chi connectivity index (χ0) is 15.4. The third-order valence-corrected chi connectivity index (χ3v) is 3.77. The van der Waals surface area contributed by atoms with Gasteiger partial charge in [0.05, 0.1) is 18.8 Å². The second kappa shape index (κ2) is 6.60. The van der Waals surface area contributed by atoms with Gasteiger partial charge in [0.1, 0.15) is 18.1 Å². The van der Waals surface area contributed by atoms with Crippen molar-refractivity contribution in [2.75, 3.05) is 36.9 Å². The van der Waals surface area contributed by atoms with Crippen molar-refractivity contribution in [3.05, 3.63) is 48.0 Å². The summed E-state index contributed by atoms with van der Waals surface area (Å²) in [6, 6.07) is 14.0. The van der Waals surface area contributed by atoms with Crippen molar-refractivity contribution in [2.24, 2.45) is 0 Å². The van der Waals surface area contributed by atoms with Crippen molar-refractivity contribution >= 4 is 11.4 Å². The van der Waals surface area contributed by atoms with Crippen molar-refractivity contribution in [1.29, 1.82) is 0 Å². The minimum atomic E-state index is 0.704. The number of anilines is 2. The van der Waals surface area contributed by atoms with Crippen molar-refractivity contribution in [3.63, 3.8) is 0 Å². The molecule has 0 aromatic heterocycles. The zero-order valence-corrected chi connectivity index (χ0v) is 12.9. The summed E-state index contributed by atoms with van der Waals surface area (Å²) in [6.45, 7) is 5.34. The van der Waals surface area contributed by atoms with Crippen LogP contribution < -0.4 is 20.1 Å². The third-order valence-electron chi connectivity index (χ3n) is 3.77. The van der Waals surface area contributed by atoms with Crippen LogP contribution in [0.3, 0.4) is 0 Å². The quantitative estimate of drug-likeness (QED) is 0.680. The summed E-state index contributed by atoms with van der Waals surface area (Å²) in [7, 11) is 0. The first-order valence-corrected chi connectivity index (χ1v) is 7.69. The zero-order valence-electron chi connectivity index (χ0n) is 12.9. The molecule has 4 nitrogen and oxygen atoms in total. The summed E-state index contributed by atoms with van der Waals surface area (Å²) in [5.41, 5.74) is 8.89. The van der Waals surface area contributed by atoms with Gasteiger partial charge >= 0.3 is 0 Å². The molecule has 2 aromatic carbocycles. The molecule has 0 amide bonds. The molecule has 0 aliphatic carbocycles. The lowest BCUT2D eigenvalue weighted by Crippen LogP contribution is -2.34. The molecule has 0 saturated heterocycles. The van der Waals surface area contributed by atoms with Crippen molar-refractivity contribution < 1.29 is 9.47 Å². The summed E-state index contributed by atoms with van der Waals surface area (Å²) >= 11 is 0. The number of rotatable bonds is 5. The lowest BCUT2D eigenvalue weighted by molar-refractivity contribution is 0.293. The van der Waals surface area contributed by atoms with E-state index in [-0.39, 0.29) is 0 Å². The monoisotopic (exact) mass is 298 g/mol. The van der Waals surface area contributed by atoms with Gasteiger partial charge in [0.2, 0.25) is 0 Å². The Balaban J connectivity index is 1.53. The van der Waals surface area contributed by atoms with Crippen LogP contribution in [-0.4, -0.2) is 26.3 Å². The molecule has 0 atom stereocenters. The Bertz CT molecular complexity index is 643. The summed E-state index contributed by atoms with van der Waals surface area (Å²) in [6.07, 6.45) is 0.970. The normalized spacial score (nSPS) is 13.4. The highest BCUT2D eigenvalue weighted by Gasteiger charge is 2.17. The number of fused-ring (bicyclic) bond motifs is 1. The molecular weight excluding hydrogens is 276 g/mol. The molecule has 0 radical (unpaired) electrons. The standard InChI is InChI=1S/C18H22N2O2/c1-14-4-2-5-16(12-14)21-10-3-8-20-9-11-22-18-13-15(19)6-7-17(18)20/h2,4-7,12-13H,3,8-11,19H2,1H3. The Hall–Kier alpha value is -2.36. The van der Waals surface area contributed by atoms with Gasteiger partial charge in [-0.05, 0) is 43.2 Å². The minimum Gasteiger partial charge on any atom is -0.494 e. The van der Waals surface area contributed by atoms with Crippen LogP contribution >= 0.6 is 0 Å². The number of hydrogen-bond donors (Lipinski definition) is 1. The molecule has 0 unspecified atom stereocenters. The van der Waals surface area contributed by atoms with E-state index in [1.807, 2.05) is 30.3 Å². The van der Waals surface area contributed by atoms with E-state index in [9.17, 15) is 0 Å². The van der Waals surface area contributed by atoms with Crippen LogP contribution in [0.4, 0.5) is 11.4 Å². The summed E-state index contributed by atoms with van der Waals surface area (Å²) in [5.74, 6) is 1.82. The predicted octanol–water partition coefficient (Wildman–Crippen LogP) is 3.25. The van der Waals surface area contributed by atoms with Crippen LogP contribution in [-0.2, 0) is 0 Å². The Morgan fingerprint density at radius 1 is 1.23 bits per heavy atom. The molecule has 0 fully saturated rings. The van der Waals surface area contributed by atoms with Gasteiger partial charge < -0.3 is 20.1 Å². The number of nitrogens with two attached hydrogens (primary N) is 1. The number of nitrogen functional groups attached to an aromatic ring is 1. The maximum atomic E-state index is 5.81. The maximum absolute atomic E-state index is 5.81. The molecule has 0 saturated carbocycles. The molecule has 0 spiro atoms. The summed E-state index contributed by atoms with van der Waals surface area (Å²) < 4.78 is 11.5. The predicted molar refractivity (Wildman–Crippen MR) is 89.9 cm³/mol. The smallest absolute Gasteiger partial charge is 0.144 e. The first kappa shape index (κ1) is 14.6. The SMILES string of the molecule is Cc1cccc(OCCCN2CCOc3cc(N)ccc32)c1. The fourth-order valence-corrected chi connectivity index (χ4v) is 2.68. The van der Waals surface area contributed by atoms with Crippen LogP contribution in [0.5, 0.6) is 11.5 Å². The van der Waals surface area contributed by atoms with E-state index in [1.165, 1.54) is 5.56 Å². The molecule has 0 bridgehead atoms. The lowest BCUT2D eigenvalue weighted by atomic mass is 10.2. The van der Waals surface area contributed by atoms with E-state index in [0.717, 1.165) is 42.4 Å². The van der Waals surface area contributed by atoms with Gasteiger partial charge in [-0.15, -0.1) is 0 Å². The number of ether oxygens (including phenoxy) is 2. The highest BCUT2D eigenvalue weighted by Crippen LogP contribution is 2.33.